The van der Waals surface area contributed by atoms with Crippen LogP contribution in [0, 0.1) is 0 Å². The Balaban J connectivity index is 2.35. The summed E-state index contributed by atoms with van der Waals surface area (Å²) in [5.41, 5.74) is 0. The van der Waals surface area contributed by atoms with Gasteiger partial charge in [0.1, 0.15) is 10.9 Å². The number of hydrogen-bond acceptors (Lipinski definition) is 2. The molecule has 0 saturated heterocycles. The molecule has 2 aromatic rings. The quantitative estimate of drug-likeness (QED) is 0.589. The van der Waals surface area contributed by atoms with Crippen LogP contribution in [0.5, 0.6) is 5.75 Å². The molecule has 84 valence electrons. The van der Waals surface area contributed by atoms with Gasteiger partial charge in [-0.25, -0.2) is 4.98 Å². The van der Waals surface area contributed by atoms with Crippen molar-refractivity contribution in [1.29, 1.82) is 0 Å². The average Bonchev–Trinajstić information content (AvgIpc) is 2.33. The summed E-state index contributed by atoms with van der Waals surface area (Å²) in [5, 5.41) is 2.50. The number of benzene rings is 1. The molecule has 0 aliphatic rings. The third-order valence-electron chi connectivity index (χ3n) is 2.47. The number of ether oxygens (including phenoxy) is 1. The fourth-order valence-electron chi connectivity index (χ4n) is 1.57. The Labute approximate surface area is 100 Å². The van der Waals surface area contributed by atoms with Crippen LogP contribution in [0.1, 0.15) is 19.8 Å². The lowest BCUT2D eigenvalue weighted by atomic mass is 10.2. The van der Waals surface area contributed by atoms with E-state index in [-0.39, 0.29) is 0 Å². The maximum absolute atomic E-state index is 6.02. The van der Waals surface area contributed by atoms with Crippen LogP contribution >= 0.6 is 11.6 Å². The molecular weight excluding hydrogens is 222 g/mol. The highest BCUT2D eigenvalue weighted by atomic mass is 35.5. The zero-order chi connectivity index (χ0) is 11.4. The summed E-state index contributed by atoms with van der Waals surface area (Å²) in [6, 6.07) is 7.89. The summed E-state index contributed by atoms with van der Waals surface area (Å²) in [6.07, 6.45) is 3.87. The van der Waals surface area contributed by atoms with Crippen molar-refractivity contribution in [2.75, 3.05) is 6.61 Å². The van der Waals surface area contributed by atoms with Gasteiger partial charge >= 0.3 is 0 Å². The lowest BCUT2D eigenvalue weighted by Crippen LogP contribution is -1.97. The Morgan fingerprint density at radius 3 is 2.75 bits per heavy atom. The van der Waals surface area contributed by atoms with Crippen LogP contribution in [0.15, 0.2) is 30.5 Å². The van der Waals surface area contributed by atoms with Gasteiger partial charge in [0.15, 0.2) is 0 Å². The predicted molar refractivity (Wildman–Crippen MR) is 67.2 cm³/mol. The Bertz CT molecular complexity index is 484. The van der Waals surface area contributed by atoms with Gasteiger partial charge in [-0.1, -0.05) is 49.2 Å². The zero-order valence-corrected chi connectivity index (χ0v) is 10.00. The van der Waals surface area contributed by atoms with E-state index in [9.17, 15) is 0 Å². The molecule has 0 atom stereocenters. The normalized spacial score (nSPS) is 10.6. The number of halogens is 1. The number of hydrogen-bond donors (Lipinski definition) is 0. The lowest BCUT2D eigenvalue weighted by Gasteiger charge is -2.08. The van der Waals surface area contributed by atoms with Crippen LogP contribution in [0.25, 0.3) is 10.8 Å². The summed E-state index contributed by atoms with van der Waals surface area (Å²) in [4.78, 5) is 4.13. The number of rotatable bonds is 4. The minimum Gasteiger partial charge on any atom is -0.491 e. The molecule has 0 saturated carbocycles. The number of pyridine rings is 1. The molecule has 1 aromatic heterocycles. The topological polar surface area (TPSA) is 22.1 Å². The second-order valence-electron chi connectivity index (χ2n) is 3.66. The molecule has 0 bridgehead atoms. The van der Waals surface area contributed by atoms with Gasteiger partial charge in [0, 0.05) is 10.8 Å². The van der Waals surface area contributed by atoms with Gasteiger partial charge in [0.05, 0.1) is 12.8 Å². The minimum atomic E-state index is 0.526. The van der Waals surface area contributed by atoms with Gasteiger partial charge in [-0.15, -0.1) is 0 Å². The summed E-state index contributed by atoms with van der Waals surface area (Å²) in [5.74, 6) is 0.813. The molecule has 0 N–H and O–H groups in total. The van der Waals surface area contributed by atoms with Crippen molar-refractivity contribution in [3.05, 3.63) is 35.6 Å². The highest BCUT2D eigenvalue weighted by molar-refractivity contribution is 6.34. The maximum atomic E-state index is 6.02. The molecule has 0 spiro atoms. The first kappa shape index (κ1) is 11.2. The third kappa shape index (κ3) is 2.27. The fourth-order valence-corrected chi connectivity index (χ4v) is 1.79. The average molecular weight is 236 g/mol. The van der Waals surface area contributed by atoms with Crippen LogP contribution in [0.4, 0.5) is 0 Å². The Kier molecular flexibility index (Phi) is 3.62. The van der Waals surface area contributed by atoms with Crippen LogP contribution in [-0.2, 0) is 0 Å². The van der Waals surface area contributed by atoms with E-state index in [0.717, 1.165) is 36.0 Å². The molecule has 0 amide bonds. The van der Waals surface area contributed by atoms with E-state index < -0.39 is 0 Å². The standard InChI is InChI=1S/C13H14ClNO/c1-2-3-8-16-12-9-15-13(14)11-7-5-4-6-10(11)12/h4-7,9H,2-3,8H2,1H3. The Morgan fingerprint density at radius 1 is 1.25 bits per heavy atom. The molecule has 0 aliphatic heterocycles. The number of nitrogens with zero attached hydrogens (tertiary/aromatic N) is 1. The van der Waals surface area contributed by atoms with Crippen LogP contribution in [0.2, 0.25) is 5.15 Å². The molecule has 2 rings (SSSR count). The van der Waals surface area contributed by atoms with Gasteiger partial charge in [-0.2, -0.15) is 0 Å². The van der Waals surface area contributed by atoms with E-state index in [1.807, 2.05) is 24.3 Å². The molecular formula is C13H14ClNO. The second kappa shape index (κ2) is 5.17. The number of fused-ring (bicyclic) bond motifs is 1. The SMILES string of the molecule is CCCCOc1cnc(Cl)c2ccccc12. The van der Waals surface area contributed by atoms with E-state index in [1.165, 1.54) is 0 Å². The first-order valence-corrected chi connectivity index (χ1v) is 5.86. The van der Waals surface area contributed by atoms with E-state index >= 15 is 0 Å². The second-order valence-corrected chi connectivity index (χ2v) is 4.02. The third-order valence-corrected chi connectivity index (χ3v) is 2.77. The van der Waals surface area contributed by atoms with Crippen molar-refractivity contribution in [2.24, 2.45) is 0 Å². The molecule has 0 fully saturated rings. The van der Waals surface area contributed by atoms with Crippen LogP contribution in [-0.4, -0.2) is 11.6 Å². The van der Waals surface area contributed by atoms with E-state index in [1.54, 1.807) is 6.20 Å². The van der Waals surface area contributed by atoms with Crippen molar-refractivity contribution in [3.63, 3.8) is 0 Å². The minimum absolute atomic E-state index is 0.526. The first-order valence-electron chi connectivity index (χ1n) is 5.49. The van der Waals surface area contributed by atoms with Gasteiger partial charge < -0.3 is 4.74 Å². The smallest absolute Gasteiger partial charge is 0.145 e. The Hall–Kier alpha value is -1.28. The Morgan fingerprint density at radius 2 is 2.00 bits per heavy atom. The van der Waals surface area contributed by atoms with Gasteiger partial charge in [0.25, 0.3) is 0 Å². The molecule has 0 unspecified atom stereocenters. The van der Waals surface area contributed by atoms with E-state index in [4.69, 9.17) is 16.3 Å². The van der Waals surface area contributed by atoms with Gasteiger partial charge in [0.2, 0.25) is 0 Å². The first-order chi connectivity index (χ1) is 7.83. The van der Waals surface area contributed by atoms with Crippen molar-refractivity contribution in [1.82, 2.24) is 4.98 Å². The molecule has 0 radical (unpaired) electrons. The summed E-state index contributed by atoms with van der Waals surface area (Å²) in [7, 11) is 0. The van der Waals surface area contributed by atoms with Crippen molar-refractivity contribution in [2.45, 2.75) is 19.8 Å². The number of aromatic nitrogens is 1. The molecule has 2 nitrogen and oxygen atoms in total. The molecule has 16 heavy (non-hydrogen) atoms. The van der Waals surface area contributed by atoms with Crippen molar-refractivity contribution in [3.8, 4) is 5.75 Å². The lowest BCUT2D eigenvalue weighted by molar-refractivity contribution is 0.312. The van der Waals surface area contributed by atoms with Crippen LogP contribution in [0.3, 0.4) is 0 Å². The van der Waals surface area contributed by atoms with Crippen molar-refractivity contribution >= 4 is 22.4 Å². The molecule has 1 heterocycles. The monoisotopic (exact) mass is 235 g/mol. The molecule has 3 heteroatoms. The zero-order valence-electron chi connectivity index (χ0n) is 9.24. The maximum Gasteiger partial charge on any atom is 0.145 e. The van der Waals surface area contributed by atoms with Crippen molar-refractivity contribution < 1.29 is 4.74 Å². The van der Waals surface area contributed by atoms with Gasteiger partial charge in [-0.3, -0.25) is 0 Å². The largest absolute Gasteiger partial charge is 0.491 e. The van der Waals surface area contributed by atoms with E-state index in [2.05, 4.69) is 11.9 Å². The highest BCUT2D eigenvalue weighted by Gasteiger charge is 2.05. The molecule has 1 aromatic carbocycles. The predicted octanol–water partition coefficient (Wildman–Crippen LogP) is 4.07. The van der Waals surface area contributed by atoms with Crippen LogP contribution < -0.4 is 4.74 Å². The number of unbranched alkanes of at least 4 members (excludes halogenated alkanes) is 1. The fraction of sp³-hybridized carbons (Fsp3) is 0.308. The highest BCUT2D eigenvalue weighted by Crippen LogP contribution is 2.29. The summed E-state index contributed by atoms with van der Waals surface area (Å²) >= 11 is 6.02. The molecule has 0 aliphatic carbocycles. The van der Waals surface area contributed by atoms with E-state index in [0.29, 0.717) is 5.15 Å². The van der Waals surface area contributed by atoms with Gasteiger partial charge in [-0.05, 0) is 6.42 Å². The summed E-state index contributed by atoms with van der Waals surface area (Å²) in [6.45, 7) is 2.87. The summed E-state index contributed by atoms with van der Waals surface area (Å²) < 4.78 is 5.69.